The first-order valence-electron chi connectivity index (χ1n) is 8.74. The van der Waals surface area contributed by atoms with Crippen molar-refractivity contribution in [2.45, 2.75) is 90.9 Å². The largest absolute Gasteiger partial charge is 0.472 e. The van der Waals surface area contributed by atoms with Gasteiger partial charge in [0.25, 0.3) is 0 Å². The van der Waals surface area contributed by atoms with E-state index in [4.69, 9.17) is 9.05 Å². The third-order valence-electron chi connectivity index (χ3n) is 3.50. The molecule has 22 heavy (non-hydrogen) atoms. The summed E-state index contributed by atoms with van der Waals surface area (Å²) in [6.07, 6.45) is 13.6. The van der Waals surface area contributed by atoms with Crippen LogP contribution in [0.3, 0.4) is 0 Å². The molecule has 0 spiro atoms. The number of phosphoric acid groups is 1. The topological polar surface area (TPSA) is 55.8 Å². The molecule has 0 rings (SSSR count). The number of unbranched alkanes of at least 4 members (excludes halogenated alkanes) is 10. The third kappa shape index (κ3) is 18.7. The zero-order chi connectivity index (χ0) is 15.8. The van der Waals surface area contributed by atoms with Crippen molar-refractivity contribution in [3.05, 3.63) is 0 Å². The van der Waals surface area contributed by atoms with Gasteiger partial charge in [-0.05, 0) is 12.8 Å². The Bertz CT molecular complexity index is 243. The van der Waals surface area contributed by atoms with Gasteiger partial charge in [0.2, 0.25) is 0 Å². The Morgan fingerprint density at radius 3 is 1.36 bits per heavy atom. The van der Waals surface area contributed by atoms with Crippen LogP contribution in [-0.4, -0.2) is 18.1 Å². The van der Waals surface area contributed by atoms with E-state index in [1.165, 1.54) is 51.4 Å². The molecule has 0 aromatic carbocycles. The average molecular weight is 378 g/mol. The van der Waals surface area contributed by atoms with Crippen LogP contribution in [0.5, 0.6) is 0 Å². The second-order valence-corrected chi connectivity index (χ2v) is 7.12. The summed E-state index contributed by atoms with van der Waals surface area (Å²) >= 11 is 0. The minimum absolute atomic E-state index is 0. The Labute approximate surface area is 147 Å². The van der Waals surface area contributed by atoms with Crippen LogP contribution in [0.25, 0.3) is 0 Å². The fourth-order valence-corrected chi connectivity index (χ4v) is 2.96. The fraction of sp³-hybridized carbons (Fsp3) is 1.00. The molecule has 0 saturated carbocycles. The first kappa shape index (κ1) is 24.9. The molecular formula is C16H35FeO4P. The van der Waals surface area contributed by atoms with Gasteiger partial charge in [-0.25, -0.2) is 4.57 Å². The number of phosphoric ester groups is 1. The second kappa shape index (κ2) is 18.0. The summed E-state index contributed by atoms with van der Waals surface area (Å²) in [6, 6.07) is 0. The fourth-order valence-electron chi connectivity index (χ4n) is 2.16. The number of rotatable bonds is 16. The minimum Gasteiger partial charge on any atom is -0.302 e. The van der Waals surface area contributed by atoms with Gasteiger partial charge in [0.1, 0.15) is 0 Å². The summed E-state index contributed by atoms with van der Waals surface area (Å²) in [6.45, 7) is 5.01. The molecule has 0 aliphatic rings. The molecule has 0 aromatic rings. The SMILES string of the molecule is CCCCCCCCOP(=O)(O)OCCCCCCCC.[Fe]. The molecule has 6 heteroatoms. The summed E-state index contributed by atoms with van der Waals surface area (Å²) in [7, 11) is -3.82. The summed E-state index contributed by atoms with van der Waals surface area (Å²) < 4.78 is 21.5. The van der Waals surface area contributed by atoms with Crippen molar-refractivity contribution in [2.75, 3.05) is 13.2 Å². The predicted molar refractivity (Wildman–Crippen MR) is 88.5 cm³/mol. The van der Waals surface area contributed by atoms with Crippen LogP contribution in [0.15, 0.2) is 0 Å². The van der Waals surface area contributed by atoms with E-state index in [0.29, 0.717) is 13.2 Å². The van der Waals surface area contributed by atoms with E-state index in [9.17, 15) is 9.46 Å². The Morgan fingerprint density at radius 2 is 1.00 bits per heavy atom. The quantitative estimate of drug-likeness (QED) is 0.208. The van der Waals surface area contributed by atoms with Crippen LogP contribution in [0.4, 0.5) is 0 Å². The zero-order valence-corrected chi connectivity index (χ0v) is 16.4. The van der Waals surface area contributed by atoms with Gasteiger partial charge in [-0.1, -0.05) is 78.1 Å². The molecule has 0 aliphatic carbocycles. The van der Waals surface area contributed by atoms with E-state index in [-0.39, 0.29) is 17.1 Å². The molecule has 0 saturated heterocycles. The van der Waals surface area contributed by atoms with Gasteiger partial charge in [0.05, 0.1) is 13.2 Å². The molecule has 0 bridgehead atoms. The van der Waals surface area contributed by atoms with Crippen molar-refractivity contribution in [1.82, 2.24) is 0 Å². The summed E-state index contributed by atoms with van der Waals surface area (Å²) in [5.74, 6) is 0. The molecule has 136 valence electrons. The maximum atomic E-state index is 11.6. The normalized spacial score (nSPS) is 11.4. The molecule has 0 aromatic heterocycles. The van der Waals surface area contributed by atoms with E-state index in [2.05, 4.69) is 13.8 Å². The van der Waals surface area contributed by atoms with Gasteiger partial charge >= 0.3 is 7.82 Å². The van der Waals surface area contributed by atoms with Crippen LogP contribution in [0.1, 0.15) is 90.9 Å². The molecule has 0 amide bonds. The van der Waals surface area contributed by atoms with Crippen LogP contribution in [-0.2, 0) is 30.7 Å². The molecule has 0 heterocycles. The molecule has 0 radical (unpaired) electrons. The smallest absolute Gasteiger partial charge is 0.302 e. The van der Waals surface area contributed by atoms with Crippen molar-refractivity contribution in [3.63, 3.8) is 0 Å². The monoisotopic (exact) mass is 378 g/mol. The van der Waals surface area contributed by atoms with Gasteiger partial charge in [-0.3, -0.25) is 9.05 Å². The van der Waals surface area contributed by atoms with Crippen molar-refractivity contribution >= 4 is 7.82 Å². The molecular weight excluding hydrogens is 343 g/mol. The van der Waals surface area contributed by atoms with Crippen LogP contribution < -0.4 is 0 Å². The van der Waals surface area contributed by atoms with Gasteiger partial charge in [0, 0.05) is 17.1 Å². The van der Waals surface area contributed by atoms with Crippen LogP contribution in [0, 0.1) is 0 Å². The Hall–Kier alpha value is 0.629. The minimum atomic E-state index is -3.82. The Morgan fingerprint density at radius 1 is 0.682 bits per heavy atom. The summed E-state index contributed by atoms with van der Waals surface area (Å²) in [4.78, 5) is 9.51. The molecule has 1 N–H and O–H groups in total. The van der Waals surface area contributed by atoms with Crippen molar-refractivity contribution in [3.8, 4) is 0 Å². The zero-order valence-electron chi connectivity index (χ0n) is 14.4. The van der Waals surface area contributed by atoms with Crippen molar-refractivity contribution in [2.24, 2.45) is 0 Å². The van der Waals surface area contributed by atoms with Gasteiger partial charge < -0.3 is 4.89 Å². The van der Waals surface area contributed by atoms with E-state index >= 15 is 0 Å². The Balaban J connectivity index is 0. The van der Waals surface area contributed by atoms with Gasteiger partial charge in [0.15, 0.2) is 0 Å². The molecule has 0 aliphatic heterocycles. The molecule has 0 fully saturated rings. The van der Waals surface area contributed by atoms with Crippen LogP contribution >= 0.6 is 7.82 Å². The predicted octanol–water partition coefficient (Wildman–Crippen LogP) is 5.84. The maximum absolute atomic E-state index is 11.6. The summed E-state index contributed by atoms with van der Waals surface area (Å²) in [5.41, 5.74) is 0. The second-order valence-electron chi connectivity index (χ2n) is 5.67. The standard InChI is InChI=1S/C16H35O4P.Fe/c1-3-5-7-9-11-13-15-19-21(17,18)20-16-14-12-10-8-6-4-2;/h3-16H2,1-2H3,(H,17,18);. The number of hydrogen-bond donors (Lipinski definition) is 1. The summed E-state index contributed by atoms with van der Waals surface area (Å²) in [5, 5.41) is 0. The first-order valence-corrected chi connectivity index (χ1v) is 10.2. The van der Waals surface area contributed by atoms with Gasteiger partial charge in [-0.2, -0.15) is 0 Å². The molecule has 4 nitrogen and oxygen atoms in total. The van der Waals surface area contributed by atoms with Crippen LogP contribution in [0.2, 0.25) is 0 Å². The van der Waals surface area contributed by atoms with E-state index < -0.39 is 7.82 Å². The average Bonchev–Trinajstić information content (AvgIpc) is 2.45. The van der Waals surface area contributed by atoms with Crippen molar-refractivity contribution < 1.29 is 35.6 Å². The molecule has 0 unspecified atom stereocenters. The Kier molecular flexibility index (Phi) is 20.3. The maximum Gasteiger partial charge on any atom is 0.472 e. The van der Waals surface area contributed by atoms with E-state index in [1.807, 2.05) is 0 Å². The number of hydrogen-bond acceptors (Lipinski definition) is 3. The first-order chi connectivity index (χ1) is 10.1. The van der Waals surface area contributed by atoms with E-state index in [1.54, 1.807) is 0 Å². The van der Waals surface area contributed by atoms with Gasteiger partial charge in [-0.15, -0.1) is 0 Å². The van der Waals surface area contributed by atoms with E-state index in [0.717, 1.165) is 25.7 Å². The molecule has 0 atom stereocenters. The van der Waals surface area contributed by atoms with Crippen molar-refractivity contribution in [1.29, 1.82) is 0 Å². The third-order valence-corrected chi connectivity index (χ3v) is 4.52.